The van der Waals surface area contributed by atoms with Gasteiger partial charge in [-0.25, -0.2) is 0 Å². The molecule has 1 rings (SSSR count). The summed E-state index contributed by atoms with van der Waals surface area (Å²) >= 11 is 5.23. The molecule has 1 aromatic rings. The molecule has 0 atom stereocenters. The molecule has 0 radical (unpaired) electrons. The van der Waals surface area contributed by atoms with Crippen molar-refractivity contribution in [3.05, 3.63) is 20.8 Å². The highest BCUT2D eigenvalue weighted by atomic mass is 79.9. The third-order valence-electron chi connectivity index (χ3n) is 3.84. The van der Waals surface area contributed by atoms with Crippen molar-refractivity contribution >= 4 is 35.3 Å². The Hall–Kier alpha value is -0.0431. The molecule has 0 N–H and O–H groups in total. The largest absolute Gasteiger partial charge is 0.146 e. The smallest absolute Gasteiger partial charge is 0.124 e. The number of rotatable bonds is 3. The summed E-state index contributed by atoms with van der Waals surface area (Å²) in [4.78, 5) is 1.18. The van der Waals surface area contributed by atoms with Gasteiger partial charge in [0.1, 0.15) is 8.07 Å². The topological polar surface area (TPSA) is 0 Å². The fourth-order valence-corrected chi connectivity index (χ4v) is 9.53. The normalized spacial score (nSPS) is 12.1. The van der Waals surface area contributed by atoms with E-state index < -0.39 is 8.07 Å². The molecule has 0 aliphatic carbocycles. The Morgan fingerprint density at radius 3 is 1.83 bits per heavy atom. The maximum Gasteiger partial charge on any atom is 0.146 e. The van der Waals surface area contributed by atoms with Gasteiger partial charge in [-0.05, 0) is 44.7 Å². The van der Waals surface area contributed by atoms with Crippen LogP contribution in [0.2, 0.25) is 16.6 Å². The van der Waals surface area contributed by atoms with E-state index in [1.807, 2.05) is 0 Å². The van der Waals surface area contributed by atoms with Crippen molar-refractivity contribution in [1.29, 1.82) is 0 Å². The van der Waals surface area contributed by atoms with E-state index in [0.717, 1.165) is 3.79 Å². The lowest BCUT2D eigenvalue weighted by Gasteiger charge is -2.38. The first kappa shape index (κ1) is 16.0. The monoisotopic (exact) mass is 342 g/mol. The molecule has 1 heterocycles. The third-order valence-corrected chi connectivity index (χ3v) is 11.7. The molecule has 0 bridgehead atoms. The summed E-state index contributed by atoms with van der Waals surface area (Å²) in [5.41, 5.74) is 5.85. The van der Waals surface area contributed by atoms with E-state index in [1.54, 1.807) is 11.3 Å². The summed E-state index contributed by atoms with van der Waals surface area (Å²) in [6, 6.07) is 4.19. The molecule has 1 aromatic heterocycles. The van der Waals surface area contributed by atoms with Gasteiger partial charge < -0.3 is 0 Å². The predicted octanol–water partition coefficient (Wildman–Crippen LogP) is 6.08. The summed E-state index contributed by atoms with van der Waals surface area (Å²) in [5.74, 6) is 3.45. The lowest BCUT2D eigenvalue weighted by molar-refractivity contribution is 0.838. The molecule has 0 amide bonds. The van der Waals surface area contributed by atoms with Crippen LogP contribution in [0.15, 0.2) is 15.9 Å². The lowest BCUT2D eigenvalue weighted by atomic mass is 10.5. The fraction of sp³-hybridized carbons (Fsp3) is 0.600. The van der Waals surface area contributed by atoms with E-state index in [4.69, 9.17) is 0 Å². The van der Waals surface area contributed by atoms with Gasteiger partial charge in [0.05, 0.1) is 8.66 Å². The molecule has 0 aliphatic rings. The molecule has 0 fully saturated rings. The van der Waals surface area contributed by atoms with E-state index in [0.29, 0.717) is 16.6 Å². The number of hydrogen-bond donors (Lipinski definition) is 0. The van der Waals surface area contributed by atoms with Gasteiger partial charge in [-0.2, -0.15) is 0 Å². The molecule has 0 unspecified atom stereocenters. The van der Waals surface area contributed by atoms with Crippen LogP contribution in [-0.2, 0) is 0 Å². The van der Waals surface area contributed by atoms with E-state index in [1.165, 1.54) is 4.88 Å². The molecule has 0 aromatic carbocycles. The Morgan fingerprint density at radius 1 is 1.00 bits per heavy atom. The quantitative estimate of drug-likeness (QED) is 0.461. The van der Waals surface area contributed by atoms with Gasteiger partial charge >= 0.3 is 0 Å². The Kier molecular flexibility index (Phi) is 5.70. The highest BCUT2D eigenvalue weighted by molar-refractivity contribution is 9.11. The van der Waals surface area contributed by atoms with Crippen molar-refractivity contribution in [3.8, 4) is 11.5 Å². The van der Waals surface area contributed by atoms with Gasteiger partial charge in [-0.1, -0.05) is 47.5 Å². The first-order valence-electron chi connectivity index (χ1n) is 6.59. The van der Waals surface area contributed by atoms with Crippen LogP contribution >= 0.6 is 27.3 Å². The lowest BCUT2D eigenvalue weighted by Crippen LogP contribution is -2.43. The number of thiophene rings is 1. The Labute approximate surface area is 125 Å². The van der Waals surface area contributed by atoms with Crippen molar-refractivity contribution in [2.45, 2.75) is 58.2 Å². The van der Waals surface area contributed by atoms with Gasteiger partial charge in [0.15, 0.2) is 0 Å². The van der Waals surface area contributed by atoms with Gasteiger partial charge in [0.2, 0.25) is 0 Å². The second-order valence-corrected chi connectivity index (χ2v) is 13.8. The van der Waals surface area contributed by atoms with Crippen LogP contribution < -0.4 is 0 Å². The summed E-state index contributed by atoms with van der Waals surface area (Å²) in [6.07, 6.45) is 0. The molecule has 0 nitrogen and oxygen atoms in total. The highest BCUT2D eigenvalue weighted by Crippen LogP contribution is 2.40. The van der Waals surface area contributed by atoms with E-state index in [2.05, 4.69) is 81.1 Å². The highest BCUT2D eigenvalue weighted by Gasteiger charge is 2.41. The average molecular weight is 343 g/mol. The van der Waals surface area contributed by atoms with Crippen LogP contribution in [0.1, 0.15) is 46.4 Å². The molecule has 18 heavy (non-hydrogen) atoms. The van der Waals surface area contributed by atoms with Crippen molar-refractivity contribution in [2.24, 2.45) is 0 Å². The van der Waals surface area contributed by atoms with Crippen LogP contribution in [0.5, 0.6) is 0 Å². The van der Waals surface area contributed by atoms with E-state index in [9.17, 15) is 0 Å². The van der Waals surface area contributed by atoms with Gasteiger partial charge in [-0.3, -0.25) is 0 Å². The summed E-state index contributed by atoms with van der Waals surface area (Å²) in [5, 5.41) is 0. The molecular formula is C15H23BrSSi. The summed E-state index contributed by atoms with van der Waals surface area (Å²) in [7, 11) is -1.57. The molecule has 0 spiro atoms. The van der Waals surface area contributed by atoms with Crippen LogP contribution in [0, 0.1) is 11.5 Å². The van der Waals surface area contributed by atoms with Crippen molar-refractivity contribution < 1.29 is 0 Å². The van der Waals surface area contributed by atoms with Crippen molar-refractivity contribution in [1.82, 2.24) is 0 Å². The van der Waals surface area contributed by atoms with Crippen LogP contribution in [0.3, 0.4) is 0 Å². The minimum absolute atomic E-state index is 0.702. The van der Waals surface area contributed by atoms with Gasteiger partial charge in [-0.15, -0.1) is 16.9 Å². The van der Waals surface area contributed by atoms with Gasteiger partial charge in [0, 0.05) is 0 Å². The second-order valence-electron chi connectivity index (χ2n) is 5.75. The van der Waals surface area contributed by atoms with Crippen molar-refractivity contribution in [3.63, 3.8) is 0 Å². The Bertz CT molecular complexity index is 427. The molecule has 100 valence electrons. The molecule has 0 saturated carbocycles. The third kappa shape index (κ3) is 3.29. The molecular weight excluding hydrogens is 320 g/mol. The Morgan fingerprint density at radius 2 is 1.50 bits per heavy atom. The standard InChI is InChI=1S/C15H23BrSSi/c1-11(2)18(12(3)4,13(5)6)10-9-14-7-8-15(16)17-14/h7-8,11-13H,1-6H3. The fourth-order valence-electron chi connectivity index (χ4n) is 2.98. The zero-order valence-corrected chi connectivity index (χ0v) is 15.6. The molecule has 3 heteroatoms. The van der Waals surface area contributed by atoms with Crippen LogP contribution in [-0.4, -0.2) is 8.07 Å². The zero-order valence-electron chi connectivity index (χ0n) is 12.2. The van der Waals surface area contributed by atoms with E-state index in [-0.39, 0.29) is 0 Å². The second kappa shape index (κ2) is 6.41. The minimum atomic E-state index is -1.57. The van der Waals surface area contributed by atoms with Crippen LogP contribution in [0.4, 0.5) is 0 Å². The SMILES string of the molecule is CC(C)[Si](C#Cc1ccc(Br)s1)(C(C)C)C(C)C. The maximum atomic E-state index is 3.74. The summed E-state index contributed by atoms with van der Waals surface area (Å²) < 4.78 is 1.16. The Balaban J connectivity index is 3.17. The zero-order chi connectivity index (χ0) is 13.9. The molecule has 0 saturated heterocycles. The predicted molar refractivity (Wildman–Crippen MR) is 89.9 cm³/mol. The first-order chi connectivity index (χ1) is 8.30. The summed E-state index contributed by atoms with van der Waals surface area (Å²) in [6.45, 7) is 14.1. The van der Waals surface area contributed by atoms with Crippen LogP contribution in [0.25, 0.3) is 0 Å². The maximum absolute atomic E-state index is 3.74. The number of hydrogen-bond acceptors (Lipinski definition) is 1. The minimum Gasteiger partial charge on any atom is -0.124 e. The average Bonchev–Trinajstić information content (AvgIpc) is 2.63. The first-order valence-corrected chi connectivity index (χ1v) is 10.4. The van der Waals surface area contributed by atoms with Gasteiger partial charge in [0.25, 0.3) is 0 Å². The molecule has 0 aliphatic heterocycles. The number of halogens is 1. The van der Waals surface area contributed by atoms with E-state index >= 15 is 0 Å². The van der Waals surface area contributed by atoms with Crippen molar-refractivity contribution in [2.75, 3.05) is 0 Å².